The summed E-state index contributed by atoms with van der Waals surface area (Å²) in [7, 11) is 0. The van der Waals surface area contributed by atoms with E-state index in [-0.39, 0.29) is 6.42 Å². The molecule has 7 heteroatoms. The quantitative estimate of drug-likeness (QED) is 0.487. The molecule has 2 amide bonds. The van der Waals surface area contributed by atoms with Gasteiger partial charge >= 0.3 is 0 Å². The first-order valence-corrected chi connectivity index (χ1v) is 11.6. The van der Waals surface area contributed by atoms with Crippen LogP contribution in [0.25, 0.3) is 0 Å². The Morgan fingerprint density at radius 3 is 1.97 bits per heavy atom. The molecule has 3 N–H and O–H groups in total. The highest BCUT2D eigenvalue weighted by Crippen LogP contribution is 2.46. The molecule has 4 atom stereocenters. The minimum Gasteiger partial charge on any atom is -0.389 e. The number of rotatable bonds is 5. The van der Waals surface area contributed by atoms with Gasteiger partial charge in [-0.15, -0.1) is 0 Å². The van der Waals surface area contributed by atoms with E-state index in [2.05, 4.69) is 15.6 Å². The molecule has 2 aromatic carbocycles. The van der Waals surface area contributed by atoms with Gasteiger partial charge in [-0.1, -0.05) is 42.5 Å². The van der Waals surface area contributed by atoms with E-state index < -0.39 is 41.0 Å². The number of hydrogen-bond donors (Lipinski definition) is 3. The fourth-order valence-electron chi connectivity index (χ4n) is 4.87. The molecule has 180 valence electrons. The fourth-order valence-corrected chi connectivity index (χ4v) is 4.87. The minimum absolute atomic E-state index is 0.325. The van der Waals surface area contributed by atoms with Crippen LogP contribution in [-0.4, -0.2) is 33.3 Å². The predicted octanol–water partition coefficient (Wildman–Crippen LogP) is 4.02. The van der Waals surface area contributed by atoms with Crippen molar-refractivity contribution in [2.24, 2.45) is 11.8 Å². The van der Waals surface area contributed by atoms with Crippen molar-refractivity contribution in [1.29, 1.82) is 0 Å². The highest BCUT2D eigenvalue weighted by molar-refractivity contribution is 6.10. The zero-order valence-corrected chi connectivity index (χ0v) is 20.0. The summed E-state index contributed by atoms with van der Waals surface area (Å²) in [4.78, 5) is 44.9. The number of nitrogens with zero attached hydrogens (tertiary/aromatic N) is 1. The number of aromatic nitrogens is 1. The molecule has 1 aromatic heterocycles. The zero-order valence-electron chi connectivity index (χ0n) is 20.0. The number of benzene rings is 2. The van der Waals surface area contributed by atoms with E-state index in [1.165, 1.54) is 6.92 Å². The number of hydrogen-bond acceptors (Lipinski definition) is 5. The molecule has 1 heterocycles. The lowest BCUT2D eigenvalue weighted by Gasteiger charge is -2.44. The van der Waals surface area contributed by atoms with Crippen molar-refractivity contribution >= 4 is 29.0 Å². The normalized spacial score (nSPS) is 24.0. The van der Waals surface area contributed by atoms with Crippen LogP contribution in [0.2, 0.25) is 0 Å². The Morgan fingerprint density at radius 2 is 1.43 bits per heavy atom. The third kappa shape index (κ3) is 5.00. The van der Waals surface area contributed by atoms with Gasteiger partial charge in [0.25, 0.3) is 0 Å². The Kier molecular flexibility index (Phi) is 6.80. The zero-order chi connectivity index (χ0) is 25.2. The van der Waals surface area contributed by atoms with Crippen LogP contribution < -0.4 is 10.6 Å². The number of amides is 2. The van der Waals surface area contributed by atoms with Crippen LogP contribution in [0.4, 0.5) is 11.4 Å². The summed E-state index contributed by atoms with van der Waals surface area (Å²) in [5, 5.41) is 17.1. The van der Waals surface area contributed by atoms with E-state index in [4.69, 9.17) is 0 Å². The Bertz CT molecular complexity index is 1260. The molecule has 0 bridgehead atoms. The predicted molar refractivity (Wildman–Crippen MR) is 134 cm³/mol. The number of aliphatic hydroxyl groups is 1. The monoisotopic (exact) mass is 471 g/mol. The Labute approximate surface area is 204 Å². The van der Waals surface area contributed by atoms with E-state index >= 15 is 0 Å². The van der Waals surface area contributed by atoms with Gasteiger partial charge in [-0.2, -0.15) is 0 Å². The Morgan fingerprint density at radius 1 is 0.886 bits per heavy atom. The van der Waals surface area contributed by atoms with Crippen LogP contribution in [0.1, 0.15) is 36.1 Å². The lowest BCUT2D eigenvalue weighted by Crippen LogP contribution is -2.56. The van der Waals surface area contributed by atoms with Crippen molar-refractivity contribution in [3.63, 3.8) is 0 Å². The highest BCUT2D eigenvalue weighted by Gasteiger charge is 2.56. The molecular formula is C28H29N3O4. The second kappa shape index (κ2) is 9.80. The van der Waals surface area contributed by atoms with Crippen LogP contribution >= 0.6 is 0 Å². The molecule has 0 aliphatic heterocycles. The molecule has 7 nitrogen and oxygen atoms in total. The van der Waals surface area contributed by atoms with E-state index in [0.717, 1.165) is 11.1 Å². The summed E-state index contributed by atoms with van der Waals surface area (Å²) in [6.07, 6.45) is 1.23. The lowest BCUT2D eigenvalue weighted by molar-refractivity contribution is -0.151. The van der Waals surface area contributed by atoms with Gasteiger partial charge in [0, 0.05) is 35.6 Å². The molecule has 0 saturated heterocycles. The van der Waals surface area contributed by atoms with Crippen LogP contribution in [0.3, 0.4) is 0 Å². The van der Waals surface area contributed by atoms with E-state index in [1.54, 1.807) is 48.7 Å². The average molecular weight is 472 g/mol. The summed E-state index contributed by atoms with van der Waals surface area (Å²) in [6, 6.07) is 19.7. The van der Waals surface area contributed by atoms with Crippen LogP contribution in [0, 0.1) is 25.7 Å². The first-order valence-electron chi connectivity index (χ1n) is 11.6. The fraction of sp³-hybridized carbons (Fsp3) is 0.286. The number of carbonyl (C=O) groups excluding carboxylic acids is 3. The second-order valence-electron chi connectivity index (χ2n) is 9.34. The van der Waals surface area contributed by atoms with E-state index in [0.29, 0.717) is 17.1 Å². The van der Waals surface area contributed by atoms with Crippen LogP contribution in [0.15, 0.2) is 72.9 Å². The topological polar surface area (TPSA) is 108 Å². The van der Waals surface area contributed by atoms with Gasteiger partial charge < -0.3 is 15.7 Å². The van der Waals surface area contributed by atoms with Gasteiger partial charge in [-0.3, -0.25) is 19.4 Å². The second-order valence-corrected chi connectivity index (χ2v) is 9.34. The first kappa shape index (κ1) is 24.3. The average Bonchev–Trinajstić information content (AvgIpc) is 2.81. The maximum atomic E-state index is 13.7. The van der Waals surface area contributed by atoms with Crippen LogP contribution in [-0.2, 0) is 14.4 Å². The number of para-hydroxylation sites is 2. The van der Waals surface area contributed by atoms with Crippen molar-refractivity contribution in [2.45, 2.75) is 38.7 Å². The van der Waals surface area contributed by atoms with Crippen molar-refractivity contribution in [3.05, 3.63) is 89.7 Å². The minimum atomic E-state index is -1.68. The largest absolute Gasteiger partial charge is 0.389 e. The molecule has 0 unspecified atom stereocenters. The third-order valence-corrected chi connectivity index (χ3v) is 6.67. The number of pyridine rings is 1. The molecule has 0 spiro atoms. The van der Waals surface area contributed by atoms with Gasteiger partial charge in [0.05, 0.1) is 11.5 Å². The lowest BCUT2D eigenvalue weighted by atomic mass is 9.62. The molecule has 4 rings (SSSR count). The van der Waals surface area contributed by atoms with E-state index in [1.807, 2.05) is 38.1 Å². The Balaban J connectivity index is 1.76. The Hall–Kier alpha value is -3.84. The maximum Gasteiger partial charge on any atom is 0.235 e. The number of aryl methyl sites for hydroxylation is 2. The number of Topliss-reactive ketones (excluding diaryl/α,β-unsaturated/α-hetero) is 1. The van der Waals surface area contributed by atoms with Crippen molar-refractivity contribution in [1.82, 2.24) is 4.98 Å². The summed E-state index contributed by atoms with van der Waals surface area (Å²) in [6.45, 7) is 5.20. The van der Waals surface area contributed by atoms with Gasteiger partial charge in [0.2, 0.25) is 11.8 Å². The number of ketones is 1. The summed E-state index contributed by atoms with van der Waals surface area (Å²) < 4.78 is 0. The number of anilines is 2. The summed E-state index contributed by atoms with van der Waals surface area (Å²) in [5.74, 6) is -4.68. The molecule has 35 heavy (non-hydrogen) atoms. The van der Waals surface area contributed by atoms with Crippen LogP contribution in [0.5, 0.6) is 0 Å². The van der Waals surface area contributed by atoms with Crippen molar-refractivity contribution in [2.75, 3.05) is 10.6 Å². The molecule has 1 aliphatic carbocycles. The standard InChI is InChI=1S/C28H29N3O4/c1-17-10-4-6-12-19(17)30-26(33)24-22(32)16-28(3,35)25(23(24)21-14-8-9-15-29-21)27(34)31-20-13-7-5-11-18(20)2/h4-15,23-25,35H,16H2,1-3H3,(H,30,33)(H,31,34)/t23-,24-,25-,28+/m1/s1. The number of nitrogens with one attached hydrogen (secondary N) is 2. The van der Waals surface area contributed by atoms with E-state index in [9.17, 15) is 19.5 Å². The molecule has 1 saturated carbocycles. The first-order chi connectivity index (χ1) is 16.7. The summed E-state index contributed by atoms with van der Waals surface area (Å²) in [5.41, 5.74) is 1.62. The molecule has 0 radical (unpaired) electrons. The highest BCUT2D eigenvalue weighted by atomic mass is 16.3. The molecule has 3 aromatic rings. The van der Waals surface area contributed by atoms with Gasteiger partial charge in [0.1, 0.15) is 11.7 Å². The third-order valence-electron chi connectivity index (χ3n) is 6.67. The smallest absolute Gasteiger partial charge is 0.235 e. The maximum absolute atomic E-state index is 13.7. The van der Waals surface area contributed by atoms with Crippen molar-refractivity contribution in [3.8, 4) is 0 Å². The molecular weight excluding hydrogens is 442 g/mol. The molecule has 1 aliphatic rings. The SMILES string of the molecule is Cc1ccccc1NC(=O)[C@@H]1C(=O)C[C@](C)(O)[C@@H](C(=O)Nc2ccccc2C)[C@@H]1c1ccccn1. The van der Waals surface area contributed by atoms with Gasteiger partial charge in [0.15, 0.2) is 0 Å². The van der Waals surface area contributed by atoms with Crippen molar-refractivity contribution < 1.29 is 19.5 Å². The number of carbonyl (C=O) groups is 3. The van der Waals surface area contributed by atoms with Gasteiger partial charge in [-0.05, 0) is 56.2 Å². The molecule has 1 fully saturated rings. The van der Waals surface area contributed by atoms with Gasteiger partial charge in [-0.25, -0.2) is 0 Å². The summed E-state index contributed by atoms with van der Waals surface area (Å²) >= 11 is 0.